The minimum absolute atomic E-state index is 0.865. The van der Waals surface area contributed by atoms with E-state index in [0.29, 0.717) is 0 Å². The highest BCUT2D eigenvalue weighted by atomic mass is 15.1. The van der Waals surface area contributed by atoms with E-state index in [1.165, 1.54) is 71.0 Å². The molecule has 3 rings (SSSR count). The molecule has 3 aliphatic heterocycles. The van der Waals surface area contributed by atoms with Crippen molar-refractivity contribution in [1.82, 2.24) is 10.2 Å². The Kier molecular flexibility index (Phi) is 4.25. The van der Waals surface area contributed by atoms with E-state index in [-0.39, 0.29) is 0 Å². The molecule has 104 valence electrons. The standard InChI is InChI=1S/C16H30N2/c1-2-4-13-5-3-9-18(10-8-13)12-14-11-15-6-7-16(14)17-15/h13-17H,2-12H2,1H3. The SMILES string of the molecule is CCCC1CCCN(CC2CC3CCC2N3)CC1. The summed E-state index contributed by atoms with van der Waals surface area (Å²) in [5.74, 6) is 1.99. The number of nitrogens with one attached hydrogen (secondary N) is 1. The van der Waals surface area contributed by atoms with Gasteiger partial charge in [-0.3, -0.25) is 0 Å². The fourth-order valence-electron chi connectivity index (χ4n) is 4.58. The zero-order valence-electron chi connectivity index (χ0n) is 12.0. The highest BCUT2D eigenvalue weighted by Crippen LogP contribution is 2.34. The molecule has 0 amide bonds. The molecule has 0 aromatic rings. The molecule has 2 heteroatoms. The van der Waals surface area contributed by atoms with Crippen LogP contribution in [0.15, 0.2) is 0 Å². The Labute approximate surface area is 113 Å². The Morgan fingerprint density at radius 3 is 2.78 bits per heavy atom. The Balaban J connectivity index is 1.45. The van der Waals surface area contributed by atoms with Gasteiger partial charge in [-0.15, -0.1) is 0 Å². The Morgan fingerprint density at radius 2 is 2.06 bits per heavy atom. The van der Waals surface area contributed by atoms with Gasteiger partial charge >= 0.3 is 0 Å². The Bertz CT molecular complexity index is 266. The number of hydrogen-bond acceptors (Lipinski definition) is 2. The monoisotopic (exact) mass is 250 g/mol. The lowest BCUT2D eigenvalue weighted by Crippen LogP contribution is -2.35. The lowest BCUT2D eigenvalue weighted by atomic mass is 9.89. The Hall–Kier alpha value is -0.0800. The van der Waals surface area contributed by atoms with Crippen LogP contribution >= 0.6 is 0 Å². The van der Waals surface area contributed by atoms with Crippen molar-refractivity contribution in [2.75, 3.05) is 19.6 Å². The highest BCUT2D eigenvalue weighted by Gasteiger charge is 2.39. The second-order valence-corrected chi connectivity index (χ2v) is 6.93. The number of hydrogen-bond donors (Lipinski definition) is 1. The first-order chi connectivity index (χ1) is 8.85. The predicted octanol–water partition coefficient (Wildman–Crippen LogP) is 3.03. The van der Waals surface area contributed by atoms with Crippen molar-refractivity contribution in [3.05, 3.63) is 0 Å². The molecule has 0 aromatic carbocycles. The Morgan fingerprint density at radius 1 is 1.11 bits per heavy atom. The first-order valence-corrected chi connectivity index (χ1v) is 8.33. The van der Waals surface area contributed by atoms with Crippen LogP contribution in [0, 0.1) is 11.8 Å². The molecule has 3 fully saturated rings. The molecule has 1 N–H and O–H groups in total. The maximum atomic E-state index is 3.79. The topological polar surface area (TPSA) is 15.3 Å². The highest BCUT2D eigenvalue weighted by molar-refractivity contribution is 4.98. The van der Waals surface area contributed by atoms with Gasteiger partial charge in [-0.25, -0.2) is 0 Å². The fraction of sp³-hybridized carbons (Fsp3) is 1.00. The summed E-state index contributed by atoms with van der Waals surface area (Å²) in [6.45, 7) is 6.46. The van der Waals surface area contributed by atoms with E-state index >= 15 is 0 Å². The summed E-state index contributed by atoms with van der Waals surface area (Å²) in [7, 11) is 0. The quantitative estimate of drug-likeness (QED) is 0.825. The van der Waals surface area contributed by atoms with Crippen molar-refractivity contribution in [1.29, 1.82) is 0 Å². The van der Waals surface area contributed by atoms with Crippen LogP contribution in [0.25, 0.3) is 0 Å². The maximum absolute atomic E-state index is 3.79. The minimum Gasteiger partial charge on any atom is -0.311 e. The molecule has 3 heterocycles. The molecule has 0 spiro atoms. The van der Waals surface area contributed by atoms with Gasteiger partial charge in [0.05, 0.1) is 0 Å². The van der Waals surface area contributed by atoms with Crippen molar-refractivity contribution in [2.45, 2.75) is 70.4 Å². The van der Waals surface area contributed by atoms with E-state index in [2.05, 4.69) is 17.1 Å². The third-order valence-corrected chi connectivity index (χ3v) is 5.56. The molecule has 0 radical (unpaired) electrons. The average molecular weight is 250 g/mol. The summed E-state index contributed by atoms with van der Waals surface area (Å²) >= 11 is 0. The van der Waals surface area contributed by atoms with Crippen LogP contribution in [-0.4, -0.2) is 36.6 Å². The van der Waals surface area contributed by atoms with E-state index in [9.17, 15) is 0 Å². The first-order valence-electron chi connectivity index (χ1n) is 8.33. The van der Waals surface area contributed by atoms with Gasteiger partial charge in [-0.2, -0.15) is 0 Å². The third kappa shape index (κ3) is 2.91. The summed E-state index contributed by atoms with van der Waals surface area (Å²) in [5, 5.41) is 3.79. The number of likely N-dealkylation sites (tertiary alicyclic amines) is 1. The average Bonchev–Trinajstić information content (AvgIpc) is 2.91. The molecule has 2 bridgehead atoms. The van der Waals surface area contributed by atoms with E-state index in [0.717, 1.165) is 23.9 Å². The summed E-state index contributed by atoms with van der Waals surface area (Å²) < 4.78 is 0. The van der Waals surface area contributed by atoms with Crippen LogP contribution in [0.5, 0.6) is 0 Å². The second-order valence-electron chi connectivity index (χ2n) is 6.93. The fourth-order valence-corrected chi connectivity index (χ4v) is 4.58. The molecule has 0 aromatic heterocycles. The van der Waals surface area contributed by atoms with Crippen molar-refractivity contribution >= 4 is 0 Å². The zero-order valence-corrected chi connectivity index (χ0v) is 12.0. The van der Waals surface area contributed by atoms with Gasteiger partial charge in [-0.1, -0.05) is 19.8 Å². The van der Waals surface area contributed by atoms with Crippen molar-refractivity contribution < 1.29 is 0 Å². The molecule has 4 atom stereocenters. The molecular weight excluding hydrogens is 220 g/mol. The number of fused-ring (bicyclic) bond motifs is 2. The zero-order chi connectivity index (χ0) is 12.4. The van der Waals surface area contributed by atoms with Crippen LogP contribution in [0.2, 0.25) is 0 Å². The molecule has 3 aliphatic rings. The molecular formula is C16H30N2. The number of rotatable bonds is 4. The van der Waals surface area contributed by atoms with Crippen LogP contribution in [-0.2, 0) is 0 Å². The van der Waals surface area contributed by atoms with Crippen molar-refractivity contribution in [2.24, 2.45) is 11.8 Å². The van der Waals surface area contributed by atoms with Gasteiger partial charge in [-0.05, 0) is 63.5 Å². The number of nitrogens with zero attached hydrogens (tertiary/aromatic N) is 1. The van der Waals surface area contributed by atoms with Crippen LogP contribution < -0.4 is 5.32 Å². The van der Waals surface area contributed by atoms with Crippen LogP contribution in [0.3, 0.4) is 0 Å². The van der Waals surface area contributed by atoms with Gasteiger partial charge in [0, 0.05) is 18.6 Å². The van der Waals surface area contributed by atoms with Crippen molar-refractivity contribution in [3.63, 3.8) is 0 Å². The first kappa shape index (κ1) is 12.9. The second kappa shape index (κ2) is 5.92. The lowest BCUT2D eigenvalue weighted by molar-refractivity contribution is 0.215. The minimum atomic E-state index is 0.865. The van der Waals surface area contributed by atoms with Gasteiger partial charge in [0.1, 0.15) is 0 Å². The normalized spacial score (nSPS) is 41.2. The molecule has 4 unspecified atom stereocenters. The third-order valence-electron chi connectivity index (χ3n) is 5.56. The van der Waals surface area contributed by atoms with E-state index < -0.39 is 0 Å². The van der Waals surface area contributed by atoms with Crippen LogP contribution in [0.4, 0.5) is 0 Å². The molecule has 0 saturated carbocycles. The van der Waals surface area contributed by atoms with Gasteiger partial charge in [0.2, 0.25) is 0 Å². The van der Waals surface area contributed by atoms with E-state index in [1.807, 2.05) is 0 Å². The smallest absolute Gasteiger partial charge is 0.0111 e. The van der Waals surface area contributed by atoms with Gasteiger partial charge in [0.15, 0.2) is 0 Å². The van der Waals surface area contributed by atoms with Crippen molar-refractivity contribution in [3.8, 4) is 0 Å². The summed E-state index contributed by atoms with van der Waals surface area (Å²) in [5.41, 5.74) is 0. The van der Waals surface area contributed by atoms with E-state index in [4.69, 9.17) is 0 Å². The maximum Gasteiger partial charge on any atom is 0.0111 e. The molecule has 0 aliphatic carbocycles. The molecule has 3 saturated heterocycles. The van der Waals surface area contributed by atoms with Gasteiger partial charge < -0.3 is 10.2 Å². The predicted molar refractivity (Wildman–Crippen MR) is 76.7 cm³/mol. The van der Waals surface area contributed by atoms with E-state index in [1.54, 1.807) is 0 Å². The van der Waals surface area contributed by atoms with Gasteiger partial charge in [0.25, 0.3) is 0 Å². The lowest BCUT2D eigenvalue weighted by Gasteiger charge is -2.28. The summed E-state index contributed by atoms with van der Waals surface area (Å²) in [6, 6.07) is 1.74. The molecule has 2 nitrogen and oxygen atoms in total. The molecule has 18 heavy (non-hydrogen) atoms. The summed E-state index contributed by atoms with van der Waals surface area (Å²) in [4.78, 5) is 2.78. The largest absolute Gasteiger partial charge is 0.311 e. The summed E-state index contributed by atoms with van der Waals surface area (Å²) in [6.07, 6.45) is 11.6. The van der Waals surface area contributed by atoms with Crippen LogP contribution in [0.1, 0.15) is 58.3 Å².